The van der Waals surface area contributed by atoms with E-state index in [0.717, 1.165) is 18.4 Å². The van der Waals surface area contributed by atoms with Gasteiger partial charge in [0.1, 0.15) is 6.04 Å². The van der Waals surface area contributed by atoms with Gasteiger partial charge in [-0.3, -0.25) is 4.79 Å². The molecule has 1 aliphatic rings. The van der Waals surface area contributed by atoms with Crippen LogP contribution in [0, 0.1) is 0 Å². The molecule has 0 aromatic heterocycles. The summed E-state index contributed by atoms with van der Waals surface area (Å²) in [5.41, 5.74) is 0.892. The smallest absolute Gasteiger partial charge is 0.326 e. The molecule has 3 atom stereocenters. The average Bonchev–Trinajstić information content (AvgIpc) is 2.91. The lowest BCUT2D eigenvalue weighted by molar-refractivity contribution is -0.141. The minimum Gasteiger partial charge on any atom is -0.480 e. The Hall–Kier alpha value is -1.88. The lowest BCUT2D eigenvalue weighted by atomic mass is 10.1. The van der Waals surface area contributed by atoms with E-state index < -0.39 is 12.0 Å². The van der Waals surface area contributed by atoms with Crippen molar-refractivity contribution >= 4 is 11.9 Å². The topological polar surface area (TPSA) is 75.6 Å². The van der Waals surface area contributed by atoms with Crippen LogP contribution in [0.15, 0.2) is 30.3 Å². The van der Waals surface area contributed by atoms with Crippen molar-refractivity contribution in [2.45, 2.75) is 57.3 Å². The molecule has 5 nitrogen and oxygen atoms in total. The van der Waals surface area contributed by atoms with E-state index in [2.05, 4.69) is 5.32 Å². The van der Waals surface area contributed by atoms with Gasteiger partial charge in [0, 0.05) is 12.8 Å². The number of carbonyl (C=O) groups is 2. The second-order valence-electron chi connectivity index (χ2n) is 5.83. The van der Waals surface area contributed by atoms with Crippen LogP contribution in [-0.2, 0) is 20.7 Å². The third-order valence-electron chi connectivity index (χ3n) is 3.93. The van der Waals surface area contributed by atoms with Crippen LogP contribution in [0.5, 0.6) is 0 Å². The molecule has 2 rings (SSSR count). The number of hydrogen-bond acceptors (Lipinski definition) is 3. The zero-order valence-corrected chi connectivity index (χ0v) is 12.8. The summed E-state index contributed by atoms with van der Waals surface area (Å²) in [6, 6.07) is 8.41. The van der Waals surface area contributed by atoms with E-state index in [1.54, 1.807) is 0 Å². The molecule has 0 aliphatic carbocycles. The average molecular weight is 305 g/mol. The molecule has 1 fully saturated rings. The quantitative estimate of drug-likeness (QED) is 0.809. The zero-order chi connectivity index (χ0) is 15.9. The fraction of sp³-hybridized carbons (Fsp3) is 0.529. The number of carboxylic acid groups (broad SMARTS) is 1. The molecule has 0 spiro atoms. The molecular formula is C17H23NO4. The Bertz CT molecular complexity index is 503. The van der Waals surface area contributed by atoms with Crippen molar-refractivity contribution in [3.05, 3.63) is 35.9 Å². The molecule has 1 aliphatic heterocycles. The van der Waals surface area contributed by atoms with E-state index in [9.17, 15) is 14.7 Å². The van der Waals surface area contributed by atoms with E-state index >= 15 is 0 Å². The molecule has 1 saturated heterocycles. The molecule has 120 valence electrons. The number of carbonyl (C=O) groups excluding carboxylic acids is 1. The van der Waals surface area contributed by atoms with Crippen LogP contribution in [0.2, 0.25) is 0 Å². The minimum atomic E-state index is -1.01. The van der Waals surface area contributed by atoms with E-state index in [1.807, 2.05) is 37.3 Å². The van der Waals surface area contributed by atoms with Crippen LogP contribution in [-0.4, -0.2) is 35.2 Å². The fourth-order valence-corrected chi connectivity index (χ4v) is 2.71. The zero-order valence-electron chi connectivity index (χ0n) is 12.8. The third-order valence-corrected chi connectivity index (χ3v) is 3.93. The summed E-state index contributed by atoms with van der Waals surface area (Å²) >= 11 is 0. The van der Waals surface area contributed by atoms with Gasteiger partial charge in [0.2, 0.25) is 5.91 Å². The highest BCUT2D eigenvalue weighted by Gasteiger charge is 2.24. The first kappa shape index (κ1) is 16.5. The molecule has 0 saturated carbocycles. The summed E-state index contributed by atoms with van der Waals surface area (Å²) in [4.78, 5) is 23.3. The van der Waals surface area contributed by atoms with Crippen molar-refractivity contribution in [2.24, 2.45) is 0 Å². The summed E-state index contributed by atoms with van der Waals surface area (Å²) in [5.74, 6) is -1.24. The Morgan fingerprint density at radius 2 is 2.05 bits per heavy atom. The lowest BCUT2D eigenvalue weighted by Crippen LogP contribution is -2.42. The van der Waals surface area contributed by atoms with Gasteiger partial charge in [0.05, 0.1) is 12.2 Å². The van der Waals surface area contributed by atoms with Crippen LogP contribution in [0.1, 0.15) is 38.2 Å². The highest BCUT2D eigenvalue weighted by Crippen LogP contribution is 2.22. The first-order chi connectivity index (χ1) is 10.5. The third kappa shape index (κ3) is 5.15. The predicted octanol–water partition coefficient (Wildman–Crippen LogP) is 2.15. The van der Waals surface area contributed by atoms with Crippen LogP contribution in [0.25, 0.3) is 0 Å². The lowest BCUT2D eigenvalue weighted by Gasteiger charge is -2.16. The van der Waals surface area contributed by atoms with Crippen molar-refractivity contribution in [3.63, 3.8) is 0 Å². The molecule has 5 heteroatoms. The summed E-state index contributed by atoms with van der Waals surface area (Å²) in [6.45, 7) is 2.03. The van der Waals surface area contributed by atoms with Gasteiger partial charge in [-0.15, -0.1) is 0 Å². The number of nitrogens with one attached hydrogen (secondary N) is 1. The predicted molar refractivity (Wildman–Crippen MR) is 82.5 cm³/mol. The van der Waals surface area contributed by atoms with Gasteiger partial charge >= 0.3 is 5.97 Å². The summed E-state index contributed by atoms with van der Waals surface area (Å²) in [5, 5.41) is 11.9. The Balaban J connectivity index is 1.80. The van der Waals surface area contributed by atoms with E-state index in [1.165, 1.54) is 0 Å². The Morgan fingerprint density at radius 1 is 1.32 bits per heavy atom. The van der Waals surface area contributed by atoms with Gasteiger partial charge in [0.25, 0.3) is 0 Å². The standard InChI is InChI=1S/C17H23NO4/c1-12-7-8-14(22-12)9-10-16(19)18-15(17(20)21)11-13-5-3-2-4-6-13/h2-6,12,14-15H,7-11H2,1H3,(H,18,19)(H,20,21)/t12-,14+,15-/m1/s1. The number of benzene rings is 1. The molecule has 0 bridgehead atoms. The largest absolute Gasteiger partial charge is 0.480 e. The van der Waals surface area contributed by atoms with Gasteiger partial charge < -0.3 is 15.2 Å². The van der Waals surface area contributed by atoms with Gasteiger partial charge in [-0.2, -0.15) is 0 Å². The van der Waals surface area contributed by atoms with Crippen molar-refractivity contribution in [1.29, 1.82) is 0 Å². The van der Waals surface area contributed by atoms with Crippen LogP contribution in [0.3, 0.4) is 0 Å². The number of amides is 1. The molecule has 1 heterocycles. The molecule has 1 aromatic carbocycles. The molecule has 1 amide bonds. The summed E-state index contributed by atoms with van der Waals surface area (Å²) in [7, 11) is 0. The first-order valence-electron chi connectivity index (χ1n) is 7.76. The van der Waals surface area contributed by atoms with E-state index in [0.29, 0.717) is 19.3 Å². The van der Waals surface area contributed by atoms with Crippen LogP contribution < -0.4 is 5.32 Å². The van der Waals surface area contributed by atoms with Crippen molar-refractivity contribution in [2.75, 3.05) is 0 Å². The maximum Gasteiger partial charge on any atom is 0.326 e. The Labute approximate surface area is 130 Å². The second-order valence-corrected chi connectivity index (χ2v) is 5.83. The minimum absolute atomic E-state index is 0.123. The second kappa shape index (κ2) is 7.94. The summed E-state index contributed by atoms with van der Waals surface area (Å²) < 4.78 is 5.66. The Morgan fingerprint density at radius 3 is 2.64 bits per heavy atom. The number of rotatable bonds is 7. The van der Waals surface area contributed by atoms with Crippen molar-refractivity contribution in [1.82, 2.24) is 5.32 Å². The normalized spacial score (nSPS) is 22.2. The van der Waals surface area contributed by atoms with E-state index in [-0.39, 0.29) is 18.1 Å². The fourth-order valence-electron chi connectivity index (χ4n) is 2.71. The molecular weight excluding hydrogens is 282 g/mol. The van der Waals surface area contributed by atoms with Crippen molar-refractivity contribution < 1.29 is 19.4 Å². The number of aliphatic carboxylic acids is 1. The maximum atomic E-state index is 12.0. The van der Waals surface area contributed by atoms with E-state index in [4.69, 9.17) is 4.74 Å². The first-order valence-corrected chi connectivity index (χ1v) is 7.76. The SMILES string of the molecule is C[C@@H]1CC[C@@H](CCC(=O)N[C@H](Cc2ccccc2)C(=O)O)O1. The maximum absolute atomic E-state index is 12.0. The van der Waals surface area contributed by atoms with Gasteiger partial charge in [-0.1, -0.05) is 30.3 Å². The molecule has 22 heavy (non-hydrogen) atoms. The molecule has 1 aromatic rings. The summed E-state index contributed by atoms with van der Waals surface area (Å²) in [6.07, 6.45) is 3.62. The van der Waals surface area contributed by atoms with Crippen LogP contribution >= 0.6 is 0 Å². The highest BCUT2D eigenvalue weighted by molar-refractivity contribution is 5.83. The number of ether oxygens (including phenoxy) is 1. The van der Waals surface area contributed by atoms with Gasteiger partial charge in [0.15, 0.2) is 0 Å². The van der Waals surface area contributed by atoms with Gasteiger partial charge in [-0.25, -0.2) is 4.79 Å². The number of carboxylic acids is 1. The van der Waals surface area contributed by atoms with Gasteiger partial charge in [-0.05, 0) is 31.7 Å². The van der Waals surface area contributed by atoms with Crippen molar-refractivity contribution in [3.8, 4) is 0 Å². The Kier molecular flexibility index (Phi) is 5.95. The molecule has 2 N–H and O–H groups in total. The monoisotopic (exact) mass is 305 g/mol. The molecule has 0 radical (unpaired) electrons. The number of hydrogen-bond donors (Lipinski definition) is 2. The molecule has 0 unspecified atom stereocenters. The van der Waals surface area contributed by atoms with Crippen LogP contribution in [0.4, 0.5) is 0 Å². The highest BCUT2D eigenvalue weighted by atomic mass is 16.5.